The molecular formula is C8H18N2O3S. The lowest BCUT2D eigenvalue weighted by Gasteiger charge is -2.28. The molecule has 3 N–H and O–H groups in total. The van der Waals surface area contributed by atoms with Gasteiger partial charge in [-0.05, 0) is 12.8 Å². The third kappa shape index (κ3) is 2.66. The summed E-state index contributed by atoms with van der Waals surface area (Å²) in [6, 6.07) is -0.287. The Kier molecular flexibility index (Phi) is 4.31. The van der Waals surface area contributed by atoms with E-state index in [4.69, 9.17) is 10.6 Å². The maximum atomic E-state index is 11.7. The van der Waals surface area contributed by atoms with Crippen molar-refractivity contribution in [2.45, 2.75) is 30.6 Å². The second-order valence-electron chi connectivity index (χ2n) is 3.63. The summed E-state index contributed by atoms with van der Waals surface area (Å²) >= 11 is 0. The number of sulfone groups is 1. The zero-order chi connectivity index (χ0) is 10.6. The Balaban J connectivity index is 2.71. The number of nitrogens with two attached hydrogens (primary N) is 1. The van der Waals surface area contributed by atoms with Crippen molar-refractivity contribution in [1.82, 2.24) is 5.43 Å². The van der Waals surface area contributed by atoms with E-state index in [0.717, 1.165) is 12.8 Å². The molecule has 5 nitrogen and oxygen atoms in total. The summed E-state index contributed by atoms with van der Waals surface area (Å²) in [4.78, 5) is 0. The molecule has 14 heavy (non-hydrogen) atoms. The molecule has 2 atom stereocenters. The van der Waals surface area contributed by atoms with E-state index in [-0.39, 0.29) is 17.0 Å². The van der Waals surface area contributed by atoms with Gasteiger partial charge in [0.15, 0.2) is 9.84 Å². The zero-order valence-electron chi connectivity index (χ0n) is 8.40. The number of hydrazine groups is 1. The van der Waals surface area contributed by atoms with Gasteiger partial charge in [-0.2, -0.15) is 0 Å². The first-order valence-corrected chi connectivity index (χ1v) is 6.50. The Hall–Kier alpha value is -0.170. The van der Waals surface area contributed by atoms with E-state index in [2.05, 4.69) is 5.43 Å². The Morgan fingerprint density at radius 3 is 2.79 bits per heavy atom. The smallest absolute Gasteiger partial charge is 0.154 e. The highest BCUT2D eigenvalue weighted by Gasteiger charge is 2.34. The molecule has 1 aliphatic heterocycles. The lowest BCUT2D eigenvalue weighted by atomic mass is 10.1. The van der Waals surface area contributed by atoms with Gasteiger partial charge in [0, 0.05) is 7.11 Å². The number of rotatable bonds is 4. The minimum absolute atomic E-state index is 0.277. The molecule has 2 unspecified atom stereocenters. The number of methoxy groups -OCH3 is 1. The van der Waals surface area contributed by atoms with Crippen molar-refractivity contribution >= 4 is 9.84 Å². The standard InChI is InChI=1S/C8H18N2O3S/c1-13-6-7(10-9)8-4-2-3-5-14(8,11)12/h7-8,10H,2-6,9H2,1H3. The maximum Gasteiger partial charge on any atom is 0.154 e. The fourth-order valence-electron chi connectivity index (χ4n) is 1.87. The minimum Gasteiger partial charge on any atom is -0.383 e. The van der Waals surface area contributed by atoms with Crippen molar-refractivity contribution in [3.63, 3.8) is 0 Å². The van der Waals surface area contributed by atoms with Crippen LogP contribution in [0.5, 0.6) is 0 Å². The Labute approximate surface area is 84.9 Å². The van der Waals surface area contributed by atoms with Crippen molar-refractivity contribution in [2.75, 3.05) is 19.5 Å². The van der Waals surface area contributed by atoms with Crippen LogP contribution in [-0.2, 0) is 14.6 Å². The van der Waals surface area contributed by atoms with E-state index in [1.807, 2.05) is 0 Å². The van der Waals surface area contributed by atoms with Crippen LogP contribution < -0.4 is 11.3 Å². The lowest BCUT2D eigenvalue weighted by molar-refractivity contribution is 0.161. The summed E-state index contributed by atoms with van der Waals surface area (Å²) in [7, 11) is -1.44. The molecule has 0 aromatic rings. The second-order valence-corrected chi connectivity index (χ2v) is 5.97. The van der Waals surface area contributed by atoms with Gasteiger partial charge in [0.1, 0.15) is 0 Å². The largest absolute Gasteiger partial charge is 0.383 e. The minimum atomic E-state index is -2.98. The SMILES string of the molecule is COCC(NN)C1CCCCS1(=O)=O. The quantitative estimate of drug-likeness (QED) is 0.492. The Morgan fingerprint density at radius 2 is 2.29 bits per heavy atom. The molecule has 1 saturated heterocycles. The van der Waals surface area contributed by atoms with Gasteiger partial charge < -0.3 is 4.74 Å². The topological polar surface area (TPSA) is 81.4 Å². The molecule has 0 aliphatic carbocycles. The first-order chi connectivity index (χ1) is 6.61. The van der Waals surface area contributed by atoms with E-state index in [0.29, 0.717) is 13.0 Å². The number of hydrogen-bond donors (Lipinski definition) is 2. The molecule has 1 heterocycles. The van der Waals surface area contributed by atoms with Gasteiger partial charge in [0.25, 0.3) is 0 Å². The number of ether oxygens (including phenoxy) is 1. The molecule has 0 saturated carbocycles. The highest BCUT2D eigenvalue weighted by molar-refractivity contribution is 7.92. The molecule has 1 aliphatic rings. The highest BCUT2D eigenvalue weighted by Crippen LogP contribution is 2.22. The molecule has 0 radical (unpaired) electrons. The van der Waals surface area contributed by atoms with Crippen LogP contribution >= 0.6 is 0 Å². The molecule has 1 rings (SSSR count). The Morgan fingerprint density at radius 1 is 1.57 bits per heavy atom. The molecule has 6 heteroatoms. The number of hydrogen-bond acceptors (Lipinski definition) is 5. The number of nitrogens with one attached hydrogen (secondary N) is 1. The van der Waals surface area contributed by atoms with E-state index in [1.165, 1.54) is 0 Å². The summed E-state index contributed by atoms with van der Waals surface area (Å²) in [5.41, 5.74) is 2.52. The average Bonchev–Trinajstić information content (AvgIpc) is 2.14. The molecule has 0 amide bonds. The van der Waals surface area contributed by atoms with Crippen molar-refractivity contribution in [1.29, 1.82) is 0 Å². The van der Waals surface area contributed by atoms with Gasteiger partial charge in [-0.1, -0.05) is 6.42 Å². The van der Waals surface area contributed by atoms with E-state index < -0.39 is 9.84 Å². The molecule has 0 aromatic carbocycles. The molecule has 84 valence electrons. The van der Waals surface area contributed by atoms with Crippen LogP contribution in [0.15, 0.2) is 0 Å². The van der Waals surface area contributed by atoms with Crippen LogP contribution in [0.3, 0.4) is 0 Å². The normalized spacial score (nSPS) is 28.6. The van der Waals surface area contributed by atoms with E-state index in [9.17, 15) is 8.42 Å². The van der Waals surface area contributed by atoms with Crippen LogP contribution in [0, 0.1) is 0 Å². The average molecular weight is 222 g/mol. The van der Waals surface area contributed by atoms with Crippen molar-refractivity contribution in [3.05, 3.63) is 0 Å². The fourth-order valence-corrected chi connectivity index (χ4v) is 3.97. The zero-order valence-corrected chi connectivity index (χ0v) is 9.22. The molecule has 0 aromatic heterocycles. The van der Waals surface area contributed by atoms with Gasteiger partial charge in [-0.25, -0.2) is 8.42 Å². The van der Waals surface area contributed by atoms with E-state index >= 15 is 0 Å². The summed E-state index contributed by atoms with van der Waals surface area (Å²) in [5, 5.41) is -0.388. The van der Waals surface area contributed by atoms with Crippen LogP contribution in [0.1, 0.15) is 19.3 Å². The van der Waals surface area contributed by atoms with Crippen molar-refractivity contribution < 1.29 is 13.2 Å². The summed E-state index contributed by atoms with van der Waals surface area (Å²) in [5.74, 6) is 5.59. The van der Waals surface area contributed by atoms with Gasteiger partial charge in [0.2, 0.25) is 0 Å². The van der Waals surface area contributed by atoms with Crippen LogP contribution in [0.25, 0.3) is 0 Å². The third-order valence-electron chi connectivity index (χ3n) is 2.64. The fraction of sp³-hybridized carbons (Fsp3) is 1.00. The first-order valence-electron chi connectivity index (χ1n) is 4.78. The molecule has 1 fully saturated rings. The first kappa shape index (κ1) is 11.9. The Bertz CT molecular complexity index is 266. The van der Waals surface area contributed by atoms with Gasteiger partial charge in [0.05, 0.1) is 23.7 Å². The van der Waals surface area contributed by atoms with E-state index in [1.54, 1.807) is 7.11 Å². The van der Waals surface area contributed by atoms with Crippen LogP contribution in [0.2, 0.25) is 0 Å². The predicted octanol–water partition coefficient (Wildman–Crippen LogP) is -0.568. The van der Waals surface area contributed by atoms with Crippen LogP contribution in [-0.4, -0.2) is 39.2 Å². The summed E-state index contributed by atoms with van der Waals surface area (Å²) < 4.78 is 28.3. The predicted molar refractivity (Wildman–Crippen MR) is 54.4 cm³/mol. The monoisotopic (exact) mass is 222 g/mol. The second kappa shape index (κ2) is 5.06. The molecule has 0 spiro atoms. The molecule has 0 bridgehead atoms. The van der Waals surface area contributed by atoms with Gasteiger partial charge >= 0.3 is 0 Å². The van der Waals surface area contributed by atoms with Gasteiger partial charge in [-0.15, -0.1) is 0 Å². The van der Waals surface area contributed by atoms with Crippen molar-refractivity contribution in [3.8, 4) is 0 Å². The molecular weight excluding hydrogens is 204 g/mol. The van der Waals surface area contributed by atoms with Crippen LogP contribution in [0.4, 0.5) is 0 Å². The lowest BCUT2D eigenvalue weighted by Crippen LogP contribution is -2.51. The maximum absolute atomic E-state index is 11.7. The van der Waals surface area contributed by atoms with Crippen molar-refractivity contribution in [2.24, 2.45) is 5.84 Å². The summed E-state index contributed by atoms with van der Waals surface area (Å²) in [6.45, 7) is 0.334. The summed E-state index contributed by atoms with van der Waals surface area (Å²) in [6.07, 6.45) is 2.40. The van der Waals surface area contributed by atoms with Gasteiger partial charge in [-0.3, -0.25) is 11.3 Å². The third-order valence-corrected chi connectivity index (χ3v) is 4.98. The highest BCUT2D eigenvalue weighted by atomic mass is 32.2.